The zero-order chi connectivity index (χ0) is 16.7. The number of rotatable bonds is 3. The highest BCUT2D eigenvalue weighted by atomic mass is 32.1. The van der Waals surface area contributed by atoms with Crippen LogP contribution >= 0.6 is 11.3 Å². The van der Waals surface area contributed by atoms with Gasteiger partial charge in [0, 0.05) is 12.6 Å². The van der Waals surface area contributed by atoms with Gasteiger partial charge >= 0.3 is 5.97 Å². The fourth-order valence-electron chi connectivity index (χ4n) is 2.62. The molecule has 4 rings (SSSR count). The molecule has 24 heavy (non-hydrogen) atoms. The molecule has 0 aromatic carbocycles. The first kappa shape index (κ1) is 14.6. The van der Waals surface area contributed by atoms with Gasteiger partial charge < -0.3 is 14.7 Å². The third-order valence-corrected chi connectivity index (χ3v) is 4.45. The van der Waals surface area contributed by atoms with Crippen LogP contribution in [0.5, 0.6) is 0 Å². The second-order valence-electron chi connectivity index (χ2n) is 5.28. The molecule has 8 heteroatoms. The van der Waals surface area contributed by atoms with Crippen LogP contribution < -0.4 is 5.56 Å². The van der Waals surface area contributed by atoms with E-state index < -0.39 is 5.97 Å². The van der Waals surface area contributed by atoms with Crippen molar-refractivity contribution in [3.8, 4) is 0 Å². The molecule has 0 unspecified atom stereocenters. The van der Waals surface area contributed by atoms with Gasteiger partial charge in [0.25, 0.3) is 5.56 Å². The van der Waals surface area contributed by atoms with Gasteiger partial charge in [-0.1, -0.05) is 0 Å². The Morgan fingerprint density at radius 3 is 3.00 bits per heavy atom. The van der Waals surface area contributed by atoms with E-state index >= 15 is 0 Å². The Morgan fingerprint density at radius 1 is 1.38 bits per heavy atom. The number of thiophene rings is 1. The van der Waals surface area contributed by atoms with Crippen molar-refractivity contribution in [3.63, 3.8) is 0 Å². The van der Waals surface area contributed by atoms with Crippen LogP contribution in [0.2, 0.25) is 0 Å². The minimum atomic E-state index is -0.483. The van der Waals surface area contributed by atoms with E-state index in [-0.39, 0.29) is 5.56 Å². The number of aromatic nitrogens is 4. The molecule has 4 heterocycles. The molecule has 0 saturated carbocycles. The maximum Gasteiger partial charge on any atom is 0.339 e. The van der Waals surface area contributed by atoms with E-state index in [9.17, 15) is 9.59 Å². The van der Waals surface area contributed by atoms with Gasteiger partial charge in [0.2, 0.25) is 0 Å². The van der Waals surface area contributed by atoms with E-state index in [2.05, 4.69) is 24.7 Å². The number of fused-ring (bicyclic) bond motifs is 3. The van der Waals surface area contributed by atoms with Crippen molar-refractivity contribution in [2.75, 3.05) is 7.11 Å². The monoisotopic (exact) mass is 340 g/mol. The second kappa shape index (κ2) is 5.57. The molecule has 7 nitrogen and oxygen atoms in total. The first-order valence-electron chi connectivity index (χ1n) is 7.15. The molecule has 0 amide bonds. The van der Waals surface area contributed by atoms with Crippen molar-refractivity contribution in [2.45, 2.75) is 6.42 Å². The molecule has 0 aliphatic heterocycles. The van der Waals surface area contributed by atoms with Gasteiger partial charge in [-0.3, -0.25) is 9.78 Å². The largest absolute Gasteiger partial charge is 0.465 e. The van der Waals surface area contributed by atoms with Crippen LogP contribution in [0, 0.1) is 0 Å². The molecule has 0 bridgehead atoms. The van der Waals surface area contributed by atoms with Crippen LogP contribution in [0.25, 0.3) is 22.1 Å². The van der Waals surface area contributed by atoms with Crippen LogP contribution in [0.15, 0.2) is 33.9 Å². The number of H-pyrrole nitrogens is 2. The molecule has 0 spiro atoms. The highest BCUT2D eigenvalue weighted by Crippen LogP contribution is 2.21. The third kappa shape index (κ3) is 2.37. The van der Waals surface area contributed by atoms with Gasteiger partial charge in [0.1, 0.15) is 22.4 Å². The number of nitrogens with one attached hydrogen (secondary N) is 2. The lowest BCUT2D eigenvalue weighted by atomic mass is 10.2. The lowest BCUT2D eigenvalue weighted by Gasteiger charge is -1.99. The molecular weight excluding hydrogens is 328 g/mol. The van der Waals surface area contributed by atoms with Crippen molar-refractivity contribution in [1.29, 1.82) is 0 Å². The Labute approximate surface area is 139 Å². The minimum absolute atomic E-state index is 0.255. The predicted octanol–water partition coefficient (Wildman–Crippen LogP) is 2.24. The van der Waals surface area contributed by atoms with Crippen LogP contribution in [-0.2, 0) is 11.2 Å². The topological polar surface area (TPSA) is 101 Å². The SMILES string of the molecule is COC(=O)c1cnc2c(c1)[nH]c1nc(Cc3ccsc3)[nH]c(=O)c12. The lowest BCUT2D eigenvalue weighted by molar-refractivity contribution is 0.0600. The summed E-state index contributed by atoms with van der Waals surface area (Å²) in [6, 6.07) is 3.60. The molecule has 0 saturated heterocycles. The van der Waals surface area contributed by atoms with Gasteiger partial charge in [-0.15, -0.1) is 0 Å². The summed E-state index contributed by atoms with van der Waals surface area (Å²) < 4.78 is 4.69. The Bertz CT molecular complexity index is 1110. The first-order valence-corrected chi connectivity index (χ1v) is 8.10. The molecule has 0 atom stereocenters. The van der Waals surface area contributed by atoms with Crippen LogP contribution in [0.1, 0.15) is 21.7 Å². The number of carbonyl (C=O) groups excluding carboxylic acids is 1. The summed E-state index contributed by atoms with van der Waals surface area (Å²) in [6.45, 7) is 0. The average molecular weight is 340 g/mol. The van der Waals surface area contributed by atoms with E-state index in [1.54, 1.807) is 17.4 Å². The first-order chi connectivity index (χ1) is 11.7. The fourth-order valence-corrected chi connectivity index (χ4v) is 3.29. The molecule has 120 valence electrons. The predicted molar refractivity (Wildman–Crippen MR) is 90.5 cm³/mol. The van der Waals surface area contributed by atoms with E-state index in [1.807, 2.05) is 16.8 Å². The van der Waals surface area contributed by atoms with Crippen molar-refractivity contribution in [1.82, 2.24) is 19.9 Å². The van der Waals surface area contributed by atoms with Gasteiger partial charge in [-0.2, -0.15) is 11.3 Å². The van der Waals surface area contributed by atoms with E-state index in [4.69, 9.17) is 0 Å². The average Bonchev–Trinajstić information content (AvgIpc) is 3.20. The molecule has 0 fully saturated rings. The number of esters is 1. The van der Waals surface area contributed by atoms with Crippen molar-refractivity contribution < 1.29 is 9.53 Å². The highest BCUT2D eigenvalue weighted by Gasteiger charge is 2.15. The van der Waals surface area contributed by atoms with Gasteiger partial charge in [-0.05, 0) is 28.5 Å². The normalized spacial score (nSPS) is 11.2. The number of hydrogen-bond acceptors (Lipinski definition) is 6. The number of carbonyl (C=O) groups is 1. The third-order valence-electron chi connectivity index (χ3n) is 3.72. The minimum Gasteiger partial charge on any atom is -0.465 e. The molecule has 0 aliphatic carbocycles. The fraction of sp³-hybridized carbons (Fsp3) is 0.125. The molecule has 0 aliphatic rings. The Balaban J connectivity index is 1.87. The summed E-state index contributed by atoms with van der Waals surface area (Å²) in [6.07, 6.45) is 1.94. The van der Waals surface area contributed by atoms with Gasteiger partial charge in [0.05, 0.1) is 18.2 Å². The molecule has 2 N–H and O–H groups in total. The number of nitrogens with zero attached hydrogens (tertiary/aromatic N) is 2. The summed E-state index contributed by atoms with van der Waals surface area (Å²) in [7, 11) is 1.31. The zero-order valence-corrected chi connectivity index (χ0v) is 13.4. The standard InChI is InChI=1S/C16H12N4O3S/c1-23-16(22)9-5-10-13(17-6-9)12-14(18-10)19-11(20-15(12)21)4-8-2-3-24-7-8/h2-3,5-7H,4H2,1H3,(H2,18,19,20,21). The lowest BCUT2D eigenvalue weighted by Crippen LogP contribution is -2.11. The summed E-state index contributed by atoms with van der Waals surface area (Å²) in [5.74, 6) is 0.0914. The maximum absolute atomic E-state index is 12.4. The van der Waals surface area contributed by atoms with E-state index in [0.717, 1.165) is 5.56 Å². The maximum atomic E-state index is 12.4. The molecule has 4 aromatic heterocycles. The summed E-state index contributed by atoms with van der Waals surface area (Å²) in [5, 5.41) is 4.38. The van der Waals surface area contributed by atoms with Crippen LogP contribution in [-0.4, -0.2) is 33.0 Å². The Morgan fingerprint density at radius 2 is 2.25 bits per heavy atom. The van der Waals surface area contributed by atoms with Gasteiger partial charge in [-0.25, -0.2) is 9.78 Å². The Kier molecular flexibility index (Phi) is 3.39. The molecule has 4 aromatic rings. The van der Waals surface area contributed by atoms with Crippen LogP contribution in [0.3, 0.4) is 0 Å². The summed E-state index contributed by atoms with van der Waals surface area (Å²) in [5.41, 5.74) is 2.64. The number of pyridine rings is 1. The quantitative estimate of drug-likeness (QED) is 0.557. The van der Waals surface area contributed by atoms with Crippen molar-refractivity contribution in [2.24, 2.45) is 0 Å². The number of aromatic amines is 2. The number of ether oxygens (including phenoxy) is 1. The van der Waals surface area contributed by atoms with E-state index in [1.165, 1.54) is 13.3 Å². The Hall–Kier alpha value is -3.00. The van der Waals surface area contributed by atoms with Crippen molar-refractivity contribution >= 4 is 39.4 Å². The van der Waals surface area contributed by atoms with E-state index in [0.29, 0.717) is 39.9 Å². The van der Waals surface area contributed by atoms with Crippen molar-refractivity contribution in [3.05, 3.63) is 56.4 Å². The second-order valence-corrected chi connectivity index (χ2v) is 6.06. The number of hydrogen-bond donors (Lipinski definition) is 2. The van der Waals surface area contributed by atoms with Crippen LogP contribution in [0.4, 0.5) is 0 Å². The highest BCUT2D eigenvalue weighted by molar-refractivity contribution is 7.07. The molecule has 0 radical (unpaired) electrons. The smallest absolute Gasteiger partial charge is 0.339 e. The zero-order valence-electron chi connectivity index (χ0n) is 12.6. The molecular formula is C16H12N4O3S. The summed E-state index contributed by atoms with van der Waals surface area (Å²) >= 11 is 1.60. The number of methoxy groups -OCH3 is 1. The van der Waals surface area contributed by atoms with Gasteiger partial charge in [0.15, 0.2) is 0 Å². The summed E-state index contributed by atoms with van der Waals surface area (Å²) in [4.78, 5) is 38.6.